The van der Waals surface area contributed by atoms with Gasteiger partial charge in [-0.3, -0.25) is 0 Å². The average molecular weight is 206 g/mol. The van der Waals surface area contributed by atoms with Crippen molar-refractivity contribution >= 4 is 0 Å². The van der Waals surface area contributed by atoms with E-state index in [1.54, 1.807) is 0 Å². The first kappa shape index (κ1) is 12.3. The second kappa shape index (κ2) is 5.32. The van der Waals surface area contributed by atoms with Crippen LogP contribution >= 0.6 is 0 Å². The maximum absolute atomic E-state index is 4.20. The van der Waals surface area contributed by atoms with E-state index in [0.717, 1.165) is 0 Å². The highest BCUT2D eigenvalue weighted by Gasteiger charge is 2.14. The van der Waals surface area contributed by atoms with E-state index in [4.69, 9.17) is 0 Å². The summed E-state index contributed by atoms with van der Waals surface area (Å²) in [6.45, 7) is 8.95. The van der Waals surface area contributed by atoms with Gasteiger partial charge >= 0.3 is 0 Å². The van der Waals surface area contributed by atoms with Gasteiger partial charge in [0.15, 0.2) is 0 Å². The topological polar surface area (TPSA) is 27.6 Å². The third-order valence-corrected chi connectivity index (χ3v) is 3.35. The summed E-state index contributed by atoms with van der Waals surface area (Å²) >= 11 is 0. The van der Waals surface area contributed by atoms with Gasteiger partial charge in [-0.25, -0.2) is 0 Å². The Labute approximate surface area is 93.7 Å². The summed E-state index contributed by atoms with van der Waals surface area (Å²) in [5.74, 6) is 1.28. The highest BCUT2D eigenvalue weighted by atomic mass is 14.6. The number of quaternary nitrogens is 1. The smallest absolute Gasteiger partial charge is 0.112 e. The molecule has 1 rings (SSSR count). The van der Waals surface area contributed by atoms with Crippen LogP contribution in [0.3, 0.4) is 0 Å². The molecule has 0 spiro atoms. The number of hydrogen-bond donors (Lipinski definition) is 1. The van der Waals surface area contributed by atoms with Crippen molar-refractivity contribution in [3.8, 4) is 0 Å². The first-order chi connectivity index (χ1) is 7.06. The lowest BCUT2D eigenvalue weighted by atomic mass is 9.93. The van der Waals surface area contributed by atoms with Gasteiger partial charge in [0.05, 0.1) is 0 Å². The molecule has 0 aromatic heterocycles. The summed E-state index contributed by atoms with van der Waals surface area (Å²) in [6.07, 6.45) is 1.21. The molecule has 0 aliphatic heterocycles. The third kappa shape index (κ3) is 3.07. The van der Waals surface area contributed by atoms with Crippen LogP contribution in [0.2, 0.25) is 0 Å². The van der Waals surface area contributed by atoms with Crippen LogP contribution in [0.15, 0.2) is 24.3 Å². The van der Waals surface area contributed by atoms with Crippen LogP contribution < -0.4 is 5.73 Å². The standard InChI is InChI=1S/C14H23N/c1-5-11(4)12-6-8-13(9-7-12)14(15)10(2)3/h6-11,14H,5,15H2,1-4H3/p+1/t11-,14+/m0/s1. The molecule has 0 fully saturated rings. The van der Waals surface area contributed by atoms with Gasteiger partial charge in [0.25, 0.3) is 0 Å². The number of rotatable bonds is 4. The molecule has 0 aliphatic rings. The first-order valence-corrected chi connectivity index (χ1v) is 5.99. The normalized spacial score (nSPS) is 15.3. The van der Waals surface area contributed by atoms with Crippen molar-refractivity contribution in [2.75, 3.05) is 0 Å². The molecule has 15 heavy (non-hydrogen) atoms. The van der Waals surface area contributed by atoms with E-state index in [-0.39, 0.29) is 0 Å². The van der Waals surface area contributed by atoms with Crippen LogP contribution in [0.25, 0.3) is 0 Å². The minimum absolute atomic E-state index is 0.413. The number of benzene rings is 1. The summed E-state index contributed by atoms with van der Waals surface area (Å²) in [4.78, 5) is 0. The minimum Gasteiger partial charge on any atom is -0.351 e. The van der Waals surface area contributed by atoms with E-state index in [0.29, 0.717) is 17.9 Å². The molecule has 1 aromatic rings. The zero-order chi connectivity index (χ0) is 11.4. The van der Waals surface area contributed by atoms with Crippen LogP contribution in [0.1, 0.15) is 57.2 Å². The maximum Gasteiger partial charge on any atom is 0.112 e. The molecular weight excluding hydrogens is 182 g/mol. The Morgan fingerprint density at radius 1 is 1.00 bits per heavy atom. The average Bonchev–Trinajstić information content (AvgIpc) is 2.27. The molecule has 0 saturated carbocycles. The lowest BCUT2D eigenvalue weighted by Crippen LogP contribution is -2.55. The predicted octanol–water partition coefficient (Wildman–Crippen LogP) is 3.14. The molecule has 84 valence electrons. The molecular formula is C14H24N+. The van der Waals surface area contributed by atoms with Crippen molar-refractivity contribution in [1.29, 1.82) is 0 Å². The van der Waals surface area contributed by atoms with E-state index >= 15 is 0 Å². The van der Waals surface area contributed by atoms with Crippen LogP contribution in [0.4, 0.5) is 0 Å². The summed E-state index contributed by atoms with van der Waals surface area (Å²) in [5.41, 5.74) is 7.00. The summed E-state index contributed by atoms with van der Waals surface area (Å²) in [5, 5.41) is 0. The predicted molar refractivity (Wildman–Crippen MR) is 65.6 cm³/mol. The molecule has 1 aromatic carbocycles. The molecule has 0 heterocycles. The lowest BCUT2D eigenvalue weighted by Gasteiger charge is -2.14. The van der Waals surface area contributed by atoms with Gasteiger partial charge in [-0.05, 0) is 17.9 Å². The van der Waals surface area contributed by atoms with Gasteiger partial charge in [-0.1, -0.05) is 52.0 Å². The first-order valence-electron chi connectivity index (χ1n) is 5.99. The van der Waals surface area contributed by atoms with Gasteiger partial charge < -0.3 is 5.73 Å². The van der Waals surface area contributed by atoms with Crippen molar-refractivity contribution in [1.82, 2.24) is 0 Å². The van der Waals surface area contributed by atoms with Gasteiger partial charge in [0.1, 0.15) is 6.04 Å². The van der Waals surface area contributed by atoms with Crippen molar-refractivity contribution in [3.63, 3.8) is 0 Å². The molecule has 3 N–H and O–H groups in total. The molecule has 0 aliphatic carbocycles. The van der Waals surface area contributed by atoms with E-state index in [1.807, 2.05) is 0 Å². The maximum atomic E-state index is 4.20. The van der Waals surface area contributed by atoms with E-state index in [2.05, 4.69) is 57.7 Å². The fourth-order valence-electron chi connectivity index (χ4n) is 1.69. The minimum atomic E-state index is 0.413. The zero-order valence-electron chi connectivity index (χ0n) is 10.5. The fraction of sp³-hybridized carbons (Fsp3) is 0.571. The fourth-order valence-corrected chi connectivity index (χ4v) is 1.69. The third-order valence-electron chi connectivity index (χ3n) is 3.35. The van der Waals surface area contributed by atoms with E-state index in [1.165, 1.54) is 17.5 Å². The van der Waals surface area contributed by atoms with Crippen LogP contribution in [0, 0.1) is 5.92 Å². The molecule has 0 unspecified atom stereocenters. The molecule has 0 amide bonds. The van der Waals surface area contributed by atoms with Crippen molar-refractivity contribution in [2.24, 2.45) is 5.92 Å². The van der Waals surface area contributed by atoms with Gasteiger partial charge in [0.2, 0.25) is 0 Å². The molecule has 1 heteroatoms. The molecule has 1 nitrogen and oxygen atoms in total. The lowest BCUT2D eigenvalue weighted by molar-refractivity contribution is -0.438. The van der Waals surface area contributed by atoms with Crippen LogP contribution in [-0.4, -0.2) is 0 Å². The molecule has 0 bridgehead atoms. The van der Waals surface area contributed by atoms with Crippen molar-refractivity contribution in [2.45, 2.75) is 46.1 Å². The number of hydrogen-bond acceptors (Lipinski definition) is 0. The van der Waals surface area contributed by atoms with Crippen molar-refractivity contribution < 1.29 is 5.73 Å². The molecule has 2 atom stereocenters. The summed E-state index contributed by atoms with van der Waals surface area (Å²) < 4.78 is 0. The molecule has 0 saturated heterocycles. The Bertz CT molecular complexity index is 287. The van der Waals surface area contributed by atoms with Gasteiger partial charge in [0, 0.05) is 11.5 Å². The SMILES string of the molecule is CC[C@H](C)c1ccc([C@H]([NH3+])C(C)C)cc1. The summed E-state index contributed by atoms with van der Waals surface area (Å²) in [6, 6.07) is 9.39. The van der Waals surface area contributed by atoms with Gasteiger partial charge in [-0.15, -0.1) is 0 Å². The van der Waals surface area contributed by atoms with E-state index < -0.39 is 0 Å². The Hall–Kier alpha value is -0.820. The monoisotopic (exact) mass is 206 g/mol. The largest absolute Gasteiger partial charge is 0.351 e. The second-order valence-corrected chi connectivity index (χ2v) is 4.83. The Kier molecular flexibility index (Phi) is 4.34. The molecule has 0 radical (unpaired) electrons. The Morgan fingerprint density at radius 3 is 1.87 bits per heavy atom. The van der Waals surface area contributed by atoms with Gasteiger partial charge in [-0.2, -0.15) is 0 Å². The summed E-state index contributed by atoms with van der Waals surface area (Å²) in [7, 11) is 0. The van der Waals surface area contributed by atoms with Crippen molar-refractivity contribution in [3.05, 3.63) is 35.4 Å². The second-order valence-electron chi connectivity index (χ2n) is 4.83. The Morgan fingerprint density at radius 2 is 1.47 bits per heavy atom. The van der Waals surface area contributed by atoms with Crippen LogP contribution in [-0.2, 0) is 0 Å². The van der Waals surface area contributed by atoms with E-state index in [9.17, 15) is 0 Å². The zero-order valence-corrected chi connectivity index (χ0v) is 10.5. The quantitative estimate of drug-likeness (QED) is 0.784. The van der Waals surface area contributed by atoms with Crippen LogP contribution in [0.5, 0.6) is 0 Å². The highest BCUT2D eigenvalue weighted by molar-refractivity contribution is 5.26. The Balaban J connectivity index is 2.80. The highest BCUT2D eigenvalue weighted by Crippen LogP contribution is 2.22.